The molecule has 0 unspecified atom stereocenters. The molecule has 2 aromatic rings. The molecule has 0 aliphatic carbocycles. The Morgan fingerprint density at radius 2 is 1.95 bits per heavy atom. The highest BCUT2D eigenvalue weighted by Crippen LogP contribution is 2.33. The predicted octanol–water partition coefficient (Wildman–Crippen LogP) is 4.57. The Morgan fingerprint density at radius 1 is 1.19 bits per heavy atom. The summed E-state index contributed by atoms with van der Waals surface area (Å²) in [5.74, 6) is -0.706. The van der Waals surface area contributed by atoms with Gasteiger partial charge in [-0.25, -0.2) is 4.39 Å². The minimum atomic E-state index is -0.470. The van der Waals surface area contributed by atoms with Crippen LogP contribution >= 0.6 is 15.9 Å². The number of hydrogen-bond acceptors (Lipinski definition) is 1. The largest absolute Gasteiger partial charge is 0.332 e. The van der Waals surface area contributed by atoms with Gasteiger partial charge < -0.3 is 4.90 Å². The zero-order valence-electron chi connectivity index (χ0n) is 11.4. The van der Waals surface area contributed by atoms with Crippen LogP contribution in [0.15, 0.2) is 53.0 Å². The van der Waals surface area contributed by atoms with E-state index < -0.39 is 5.82 Å². The van der Waals surface area contributed by atoms with Gasteiger partial charge in [0.05, 0.1) is 11.6 Å². The highest BCUT2D eigenvalue weighted by Gasteiger charge is 2.31. The summed E-state index contributed by atoms with van der Waals surface area (Å²) in [5, 5.41) is 0. The second-order valence-electron chi connectivity index (χ2n) is 5.19. The second-order valence-corrected chi connectivity index (χ2v) is 6.11. The lowest BCUT2D eigenvalue weighted by atomic mass is 10.0. The van der Waals surface area contributed by atoms with Crippen molar-refractivity contribution < 1.29 is 9.18 Å². The molecule has 108 valence electrons. The van der Waals surface area contributed by atoms with Crippen LogP contribution in [0.2, 0.25) is 0 Å². The van der Waals surface area contributed by atoms with Crippen molar-refractivity contribution in [3.63, 3.8) is 0 Å². The van der Waals surface area contributed by atoms with E-state index in [9.17, 15) is 9.18 Å². The van der Waals surface area contributed by atoms with Gasteiger partial charge in [0.2, 0.25) is 0 Å². The van der Waals surface area contributed by atoms with Gasteiger partial charge >= 0.3 is 0 Å². The lowest BCUT2D eigenvalue weighted by Crippen LogP contribution is -2.31. The first-order valence-corrected chi connectivity index (χ1v) is 7.77. The normalized spacial score (nSPS) is 18.0. The number of rotatable bonds is 2. The first-order chi connectivity index (χ1) is 10.2. The Bertz CT molecular complexity index is 659. The maximum atomic E-state index is 13.9. The molecule has 2 nitrogen and oxygen atoms in total. The van der Waals surface area contributed by atoms with E-state index in [0.717, 1.165) is 18.4 Å². The molecule has 1 saturated heterocycles. The van der Waals surface area contributed by atoms with Gasteiger partial charge in [-0.2, -0.15) is 0 Å². The third-order valence-corrected chi connectivity index (χ3v) is 4.35. The minimum absolute atomic E-state index is 0.0390. The van der Waals surface area contributed by atoms with Crippen molar-refractivity contribution in [2.24, 2.45) is 0 Å². The van der Waals surface area contributed by atoms with Crippen LogP contribution in [0.3, 0.4) is 0 Å². The average molecular weight is 348 g/mol. The molecule has 0 saturated carbocycles. The maximum absolute atomic E-state index is 13.9. The van der Waals surface area contributed by atoms with Gasteiger partial charge in [-0.1, -0.05) is 46.3 Å². The number of likely N-dealkylation sites (tertiary alicyclic amines) is 1. The Kier molecular flexibility index (Phi) is 4.06. The van der Waals surface area contributed by atoms with E-state index in [2.05, 4.69) is 15.9 Å². The van der Waals surface area contributed by atoms with Crippen molar-refractivity contribution in [1.29, 1.82) is 0 Å². The second kappa shape index (κ2) is 5.98. The molecule has 0 bridgehead atoms. The summed E-state index contributed by atoms with van der Waals surface area (Å²) in [6, 6.07) is 14.5. The third-order valence-electron chi connectivity index (χ3n) is 3.86. The van der Waals surface area contributed by atoms with Gasteiger partial charge in [-0.15, -0.1) is 0 Å². The van der Waals surface area contributed by atoms with E-state index in [4.69, 9.17) is 0 Å². The molecule has 0 aromatic heterocycles. The highest BCUT2D eigenvalue weighted by molar-refractivity contribution is 9.10. The molecule has 0 spiro atoms. The fourth-order valence-electron chi connectivity index (χ4n) is 2.85. The topological polar surface area (TPSA) is 20.3 Å². The standard InChI is InChI=1S/C17H15BrFNO/c18-13-8-9-15(19)14(11-13)17(21)20-10-4-7-16(20)12-5-2-1-3-6-12/h1-3,5-6,8-9,11,16H,4,7,10H2/t16-/m1/s1. The number of carbonyl (C=O) groups is 1. The van der Waals surface area contributed by atoms with Crippen LogP contribution in [-0.4, -0.2) is 17.4 Å². The fraction of sp³-hybridized carbons (Fsp3) is 0.235. The van der Waals surface area contributed by atoms with Crippen molar-refractivity contribution in [1.82, 2.24) is 4.90 Å². The van der Waals surface area contributed by atoms with E-state index in [-0.39, 0.29) is 17.5 Å². The van der Waals surface area contributed by atoms with E-state index in [1.165, 1.54) is 6.07 Å². The molecule has 1 aliphatic rings. The maximum Gasteiger partial charge on any atom is 0.257 e. The Labute approximate surface area is 131 Å². The zero-order chi connectivity index (χ0) is 14.8. The molecule has 1 heterocycles. The minimum Gasteiger partial charge on any atom is -0.332 e. The lowest BCUT2D eigenvalue weighted by molar-refractivity contribution is 0.0731. The molecule has 1 aliphatic heterocycles. The van der Waals surface area contributed by atoms with Gasteiger partial charge in [0.25, 0.3) is 5.91 Å². The van der Waals surface area contributed by atoms with E-state index in [0.29, 0.717) is 11.0 Å². The number of nitrogens with zero attached hydrogens (tertiary/aromatic N) is 1. The molecule has 1 fully saturated rings. The first kappa shape index (κ1) is 14.3. The number of benzene rings is 2. The molecular weight excluding hydrogens is 333 g/mol. The zero-order valence-corrected chi connectivity index (χ0v) is 13.0. The van der Waals surface area contributed by atoms with Crippen LogP contribution in [0.1, 0.15) is 34.8 Å². The van der Waals surface area contributed by atoms with Crippen molar-refractivity contribution in [3.8, 4) is 0 Å². The molecular formula is C17H15BrFNO. The average Bonchev–Trinajstić information content (AvgIpc) is 2.99. The van der Waals surface area contributed by atoms with Crippen LogP contribution in [0.5, 0.6) is 0 Å². The number of hydrogen-bond donors (Lipinski definition) is 0. The van der Waals surface area contributed by atoms with Crippen molar-refractivity contribution in [3.05, 3.63) is 69.9 Å². The summed E-state index contributed by atoms with van der Waals surface area (Å²) >= 11 is 3.30. The summed E-state index contributed by atoms with van der Waals surface area (Å²) < 4.78 is 14.6. The molecule has 4 heteroatoms. The number of amides is 1. The number of halogens is 2. The van der Waals surface area contributed by atoms with E-state index >= 15 is 0 Å². The van der Waals surface area contributed by atoms with Crippen molar-refractivity contribution in [2.75, 3.05) is 6.54 Å². The van der Waals surface area contributed by atoms with Crippen LogP contribution in [0.4, 0.5) is 4.39 Å². The van der Waals surface area contributed by atoms with Gasteiger partial charge in [-0.05, 0) is 36.6 Å². The molecule has 2 aromatic carbocycles. The Hall–Kier alpha value is -1.68. The van der Waals surface area contributed by atoms with Crippen LogP contribution in [0.25, 0.3) is 0 Å². The summed E-state index contributed by atoms with van der Waals surface area (Å²) in [4.78, 5) is 14.4. The van der Waals surface area contributed by atoms with Gasteiger partial charge in [-0.3, -0.25) is 4.79 Å². The smallest absolute Gasteiger partial charge is 0.257 e. The quantitative estimate of drug-likeness (QED) is 0.779. The summed E-state index contributed by atoms with van der Waals surface area (Å²) in [5.41, 5.74) is 1.24. The fourth-order valence-corrected chi connectivity index (χ4v) is 3.21. The van der Waals surface area contributed by atoms with Gasteiger partial charge in [0.1, 0.15) is 5.82 Å². The van der Waals surface area contributed by atoms with Crippen molar-refractivity contribution >= 4 is 21.8 Å². The molecule has 21 heavy (non-hydrogen) atoms. The lowest BCUT2D eigenvalue weighted by Gasteiger charge is -2.25. The summed E-state index contributed by atoms with van der Waals surface area (Å²) in [6.45, 7) is 0.671. The molecule has 0 N–H and O–H groups in total. The van der Waals surface area contributed by atoms with Gasteiger partial charge in [0, 0.05) is 11.0 Å². The Morgan fingerprint density at radius 3 is 2.71 bits per heavy atom. The van der Waals surface area contributed by atoms with Gasteiger partial charge in [0.15, 0.2) is 0 Å². The summed E-state index contributed by atoms with van der Waals surface area (Å²) in [6.07, 6.45) is 1.87. The van der Waals surface area contributed by atoms with Crippen molar-refractivity contribution in [2.45, 2.75) is 18.9 Å². The summed E-state index contributed by atoms with van der Waals surface area (Å²) in [7, 11) is 0. The van der Waals surface area contributed by atoms with Crippen LogP contribution in [-0.2, 0) is 0 Å². The first-order valence-electron chi connectivity index (χ1n) is 6.98. The monoisotopic (exact) mass is 347 g/mol. The molecule has 0 radical (unpaired) electrons. The van der Waals surface area contributed by atoms with Crippen LogP contribution in [0, 0.1) is 5.82 Å². The predicted molar refractivity (Wildman–Crippen MR) is 83.6 cm³/mol. The molecule has 1 atom stereocenters. The number of carbonyl (C=O) groups excluding carboxylic acids is 1. The Balaban J connectivity index is 1.92. The van der Waals surface area contributed by atoms with E-state index in [1.807, 2.05) is 30.3 Å². The van der Waals surface area contributed by atoms with E-state index in [1.54, 1.807) is 17.0 Å². The third kappa shape index (κ3) is 2.86. The van der Waals surface area contributed by atoms with Crippen LogP contribution < -0.4 is 0 Å². The SMILES string of the molecule is O=C(c1cc(Br)ccc1F)N1CCC[C@@H]1c1ccccc1. The molecule has 3 rings (SSSR count). The highest BCUT2D eigenvalue weighted by atomic mass is 79.9. The molecule has 1 amide bonds.